The molecule has 4 nitrogen and oxygen atoms in total. The van der Waals surface area contributed by atoms with Crippen molar-refractivity contribution in [2.45, 2.75) is 25.0 Å². The van der Waals surface area contributed by atoms with E-state index >= 15 is 0 Å². The SMILES string of the molecule is NC1CCCN(CC2COCCO2)C1. The van der Waals surface area contributed by atoms with E-state index in [1.54, 1.807) is 0 Å². The number of piperidine rings is 1. The van der Waals surface area contributed by atoms with Crippen LogP contribution in [0.4, 0.5) is 0 Å². The maximum atomic E-state index is 5.92. The van der Waals surface area contributed by atoms with Crippen molar-refractivity contribution < 1.29 is 9.47 Å². The lowest BCUT2D eigenvalue weighted by Crippen LogP contribution is -2.47. The van der Waals surface area contributed by atoms with Gasteiger partial charge in [-0.25, -0.2) is 0 Å². The van der Waals surface area contributed by atoms with Gasteiger partial charge in [0, 0.05) is 19.1 Å². The molecule has 0 radical (unpaired) electrons. The molecule has 0 spiro atoms. The van der Waals surface area contributed by atoms with Crippen molar-refractivity contribution in [2.24, 2.45) is 5.73 Å². The van der Waals surface area contributed by atoms with Gasteiger partial charge in [-0.2, -0.15) is 0 Å². The molecule has 0 amide bonds. The van der Waals surface area contributed by atoms with Crippen molar-refractivity contribution in [2.75, 3.05) is 39.5 Å². The fourth-order valence-corrected chi connectivity index (χ4v) is 2.19. The fraction of sp³-hybridized carbons (Fsp3) is 1.00. The Kier molecular flexibility index (Phi) is 3.75. The molecule has 14 heavy (non-hydrogen) atoms. The largest absolute Gasteiger partial charge is 0.376 e. The zero-order valence-corrected chi connectivity index (χ0v) is 8.65. The number of nitrogens with two attached hydrogens (primary N) is 1. The van der Waals surface area contributed by atoms with Crippen LogP contribution in [-0.4, -0.2) is 56.5 Å². The molecule has 0 aromatic rings. The average molecular weight is 200 g/mol. The Balaban J connectivity index is 1.72. The van der Waals surface area contributed by atoms with Gasteiger partial charge in [-0.1, -0.05) is 0 Å². The molecular formula is C10H20N2O2. The van der Waals surface area contributed by atoms with Gasteiger partial charge in [-0.3, -0.25) is 4.90 Å². The van der Waals surface area contributed by atoms with Gasteiger partial charge in [0.2, 0.25) is 0 Å². The van der Waals surface area contributed by atoms with Gasteiger partial charge in [0.1, 0.15) is 0 Å². The quantitative estimate of drug-likeness (QED) is 0.672. The summed E-state index contributed by atoms with van der Waals surface area (Å²) in [6.45, 7) is 5.38. The third-order valence-corrected chi connectivity index (χ3v) is 2.89. The topological polar surface area (TPSA) is 47.7 Å². The second kappa shape index (κ2) is 5.07. The van der Waals surface area contributed by atoms with Gasteiger partial charge in [-0.15, -0.1) is 0 Å². The lowest BCUT2D eigenvalue weighted by atomic mass is 10.1. The molecule has 0 aliphatic carbocycles. The summed E-state index contributed by atoms with van der Waals surface area (Å²) < 4.78 is 11.0. The Labute approximate surface area is 85.3 Å². The third-order valence-electron chi connectivity index (χ3n) is 2.89. The minimum absolute atomic E-state index is 0.258. The lowest BCUT2D eigenvalue weighted by molar-refractivity contribution is -0.0989. The predicted octanol–water partition coefficient (Wildman–Crippen LogP) is -0.175. The summed E-state index contributed by atoms with van der Waals surface area (Å²) in [5, 5.41) is 0. The molecule has 2 heterocycles. The Hall–Kier alpha value is -0.160. The van der Waals surface area contributed by atoms with Crippen LogP contribution in [0, 0.1) is 0 Å². The van der Waals surface area contributed by atoms with Crippen LogP contribution >= 0.6 is 0 Å². The minimum atomic E-state index is 0.258. The number of hydrogen-bond acceptors (Lipinski definition) is 4. The summed E-state index contributed by atoms with van der Waals surface area (Å²) in [7, 11) is 0. The van der Waals surface area contributed by atoms with E-state index in [0.29, 0.717) is 6.04 Å². The standard InChI is InChI=1S/C10H20N2O2/c11-9-2-1-3-12(6-9)7-10-8-13-4-5-14-10/h9-10H,1-8,11H2. The van der Waals surface area contributed by atoms with E-state index in [-0.39, 0.29) is 6.10 Å². The molecule has 4 heteroatoms. The van der Waals surface area contributed by atoms with E-state index in [2.05, 4.69) is 4.90 Å². The molecule has 82 valence electrons. The maximum Gasteiger partial charge on any atom is 0.0936 e. The molecule has 2 unspecified atom stereocenters. The number of hydrogen-bond donors (Lipinski definition) is 1. The summed E-state index contributed by atoms with van der Waals surface area (Å²) in [6, 6.07) is 0.355. The third kappa shape index (κ3) is 2.92. The monoisotopic (exact) mass is 200 g/mol. The van der Waals surface area contributed by atoms with Crippen molar-refractivity contribution in [3.8, 4) is 0 Å². The van der Waals surface area contributed by atoms with Gasteiger partial charge in [0.15, 0.2) is 0 Å². The van der Waals surface area contributed by atoms with Crippen LogP contribution in [0.15, 0.2) is 0 Å². The summed E-state index contributed by atoms with van der Waals surface area (Å²) in [5.74, 6) is 0. The lowest BCUT2D eigenvalue weighted by Gasteiger charge is -2.34. The second-order valence-corrected chi connectivity index (χ2v) is 4.23. The second-order valence-electron chi connectivity index (χ2n) is 4.23. The molecule has 2 atom stereocenters. The van der Waals surface area contributed by atoms with Crippen LogP contribution in [0.5, 0.6) is 0 Å². The fourth-order valence-electron chi connectivity index (χ4n) is 2.19. The molecule has 2 N–H and O–H groups in total. The van der Waals surface area contributed by atoms with Gasteiger partial charge in [0.25, 0.3) is 0 Å². The highest BCUT2D eigenvalue weighted by Crippen LogP contribution is 2.10. The minimum Gasteiger partial charge on any atom is -0.376 e. The highest BCUT2D eigenvalue weighted by Gasteiger charge is 2.22. The smallest absolute Gasteiger partial charge is 0.0936 e. The normalized spacial score (nSPS) is 35.8. The zero-order chi connectivity index (χ0) is 9.80. The number of rotatable bonds is 2. The average Bonchev–Trinajstić information content (AvgIpc) is 2.19. The van der Waals surface area contributed by atoms with Crippen LogP contribution in [0.2, 0.25) is 0 Å². The van der Waals surface area contributed by atoms with Gasteiger partial charge in [0.05, 0.1) is 25.9 Å². The van der Waals surface area contributed by atoms with E-state index in [9.17, 15) is 0 Å². The van der Waals surface area contributed by atoms with Crippen molar-refractivity contribution >= 4 is 0 Å². The van der Waals surface area contributed by atoms with Crippen LogP contribution in [0.25, 0.3) is 0 Å². The molecule has 2 fully saturated rings. The first-order valence-electron chi connectivity index (χ1n) is 5.52. The molecule has 0 aromatic heterocycles. The Bertz CT molecular complexity index is 172. The summed E-state index contributed by atoms with van der Waals surface area (Å²) in [4.78, 5) is 2.40. The zero-order valence-electron chi connectivity index (χ0n) is 8.65. The molecule has 0 aromatic carbocycles. The highest BCUT2D eigenvalue weighted by molar-refractivity contribution is 4.77. The van der Waals surface area contributed by atoms with Crippen LogP contribution in [-0.2, 0) is 9.47 Å². The summed E-state index contributed by atoms with van der Waals surface area (Å²) in [5.41, 5.74) is 5.92. The summed E-state index contributed by atoms with van der Waals surface area (Å²) >= 11 is 0. The van der Waals surface area contributed by atoms with E-state index in [1.165, 1.54) is 12.8 Å². The molecular weight excluding hydrogens is 180 g/mol. The number of likely N-dealkylation sites (tertiary alicyclic amines) is 1. The highest BCUT2D eigenvalue weighted by atomic mass is 16.6. The predicted molar refractivity (Wildman–Crippen MR) is 54.2 cm³/mol. The van der Waals surface area contributed by atoms with Gasteiger partial charge in [-0.05, 0) is 19.4 Å². The van der Waals surface area contributed by atoms with Crippen molar-refractivity contribution in [1.82, 2.24) is 4.90 Å². The van der Waals surface area contributed by atoms with Gasteiger partial charge < -0.3 is 15.2 Å². The van der Waals surface area contributed by atoms with Crippen molar-refractivity contribution in [3.63, 3.8) is 0 Å². The first-order valence-corrected chi connectivity index (χ1v) is 5.52. The first kappa shape index (κ1) is 10.4. The van der Waals surface area contributed by atoms with Crippen LogP contribution in [0.1, 0.15) is 12.8 Å². The molecule has 2 aliphatic heterocycles. The van der Waals surface area contributed by atoms with Crippen LogP contribution in [0.3, 0.4) is 0 Å². The summed E-state index contributed by atoms with van der Waals surface area (Å²) in [6.07, 6.45) is 2.64. The van der Waals surface area contributed by atoms with Crippen LogP contribution < -0.4 is 5.73 Å². The van der Waals surface area contributed by atoms with Crippen molar-refractivity contribution in [3.05, 3.63) is 0 Å². The Morgan fingerprint density at radius 3 is 3.00 bits per heavy atom. The van der Waals surface area contributed by atoms with Crippen molar-refractivity contribution in [1.29, 1.82) is 0 Å². The van der Waals surface area contributed by atoms with E-state index in [0.717, 1.165) is 39.5 Å². The maximum absolute atomic E-state index is 5.92. The molecule has 0 bridgehead atoms. The molecule has 2 saturated heterocycles. The Morgan fingerprint density at radius 2 is 2.29 bits per heavy atom. The molecule has 2 aliphatic rings. The van der Waals surface area contributed by atoms with E-state index in [1.807, 2.05) is 0 Å². The Morgan fingerprint density at radius 1 is 1.36 bits per heavy atom. The molecule has 2 rings (SSSR count). The number of ether oxygens (including phenoxy) is 2. The molecule has 0 saturated carbocycles. The first-order chi connectivity index (χ1) is 6.84. The van der Waals surface area contributed by atoms with E-state index in [4.69, 9.17) is 15.2 Å². The number of nitrogens with zero attached hydrogens (tertiary/aromatic N) is 1. The van der Waals surface area contributed by atoms with Gasteiger partial charge >= 0.3 is 0 Å². The van der Waals surface area contributed by atoms with E-state index < -0.39 is 0 Å².